The predicted octanol–water partition coefficient (Wildman–Crippen LogP) is 4.24. The first-order chi connectivity index (χ1) is 7.38. The molecule has 0 saturated heterocycles. The standard InChI is InChI=1S/C14H17FO/c1-10(2)14(15)9-12(4)11(3)7-8-13(5)16-6/h7-9H,1,3-5H2,2,6H3/b8-7-,14-9+. The Labute approximate surface area is 96.6 Å². The topological polar surface area (TPSA) is 9.23 Å². The Bertz CT molecular complexity index is 384. The molecule has 0 radical (unpaired) electrons. The molecule has 2 heteroatoms. The molecule has 0 fully saturated rings. The largest absolute Gasteiger partial charge is 0.497 e. The van der Waals surface area contributed by atoms with Crippen LogP contribution in [-0.4, -0.2) is 7.11 Å². The molecular weight excluding hydrogens is 203 g/mol. The van der Waals surface area contributed by atoms with E-state index >= 15 is 0 Å². The normalized spacial score (nSPS) is 11.3. The van der Waals surface area contributed by atoms with E-state index in [1.807, 2.05) is 0 Å². The molecule has 0 unspecified atom stereocenters. The van der Waals surface area contributed by atoms with Crippen LogP contribution in [0.4, 0.5) is 4.39 Å². The van der Waals surface area contributed by atoms with Crippen molar-refractivity contribution in [3.8, 4) is 0 Å². The summed E-state index contributed by atoms with van der Waals surface area (Å²) in [6, 6.07) is 0. The van der Waals surface area contributed by atoms with E-state index in [1.165, 1.54) is 13.2 Å². The SMILES string of the molecule is C=C(/C=C\C(=C)C(=C)/C=C(/F)C(=C)C)OC. The molecule has 0 aromatic carbocycles. The molecule has 0 atom stereocenters. The van der Waals surface area contributed by atoms with Crippen LogP contribution in [0.15, 0.2) is 72.8 Å². The van der Waals surface area contributed by atoms with Crippen LogP contribution in [0.5, 0.6) is 0 Å². The molecule has 0 amide bonds. The van der Waals surface area contributed by atoms with Crippen molar-refractivity contribution in [3.63, 3.8) is 0 Å². The number of ether oxygens (including phenoxy) is 1. The van der Waals surface area contributed by atoms with Crippen molar-refractivity contribution in [3.05, 3.63) is 72.8 Å². The Morgan fingerprint density at radius 3 is 2.06 bits per heavy atom. The number of hydrogen-bond donors (Lipinski definition) is 0. The van der Waals surface area contributed by atoms with Crippen LogP contribution in [0, 0.1) is 0 Å². The van der Waals surface area contributed by atoms with Gasteiger partial charge in [-0.3, -0.25) is 0 Å². The van der Waals surface area contributed by atoms with E-state index in [9.17, 15) is 4.39 Å². The van der Waals surface area contributed by atoms with Crippen molar-refractivity contribution in [2.24, 2.45) is 0 Å². The Hall–Kier alpha value is -1.83. The summed E-state index contributed by atoms with van der Waals surface area (Å²) < 4.78 is 18.0. The summed E-state index contributed by atoms with van der Waals surface area (Å²) in [6.45, 7) is 16.1. The van der Waals surface area contributed by atoms with Crippen LogP contribution in [0.3, 0.4) is 0 Å². The van der Waals surface area contributed by atoms with E-state index in [2.05, 4.69) is 26.3 Å². The second-order valence-corrected chi connectivity index (χ2v) is 3.33. The molecule has 0 N–H and O–H groups in total. The summed E-state index contributed by atoms with van der Waals surface area (Å²) in [5.41, 5.74) is 1.44. The molecule has 0 spiro atoms. The molecule has 0 aromatic rings. The average Bonchev–Trinajstić information content (AvgIpc) is 2.24. The highest BCUT2D eigenvalue weighted by Crippen LogP contribution is 2.16. The third kappa shape index (κ3) is 5.15. The van der Waals surface area contributed by atoms with Gasteiger partial charge in [-0.05, 0) is 35.8 Å². The van der Waals surface area contributed by atoms with Gasteiger partial charge in [0.2, 0.25) is 0 Å². The fourth-order valence-corrected chi connectivity index (χ4v) is 0.737. The summed E-state index contributed by atoms with van der Waals surface area (Å²) in [5.74, 6) is 0.100. The van der Waals surface area contributed by atoms with Gasteiger partial charge in [-0.25, -0.2) is 4.39 Å². The van der Waals surface area contributed by atoms with Crippen molar-refractivity contribution in [1.82, 2.24) is 0 Å². The summed E-state index contributed by atoms with van der Waals surface area (Å²) >= 11 is 0. The molecule has 0 bridgehead atoms. The van der Waals surface area contributed by atoms with Crippen LogP contribution in [-0.2, 0) is 4.74 Å². The molecule has 16 heavy (non-hydrogen) atoms. The zero-order chi connectivity index (χ0) is 12.7. The van der Waals surface area contributed by atoms with Crippen LogP contribution >= 0.6 is 0 Å². The van der Waals surface area contributed by atoms with E-state index in [4.69, 9.17) is 4.74 Å². The smallest absolute Gasteiger partial charge is 0.126 e. The van der Waals surface area contributed by atoms with Gasteiger partial charge in [0.1, 0.15) is 11.6 Å². The predicted molar refractivity (Wildman–Crippen MR) is 67.6 cm³/mol. The average molecular weight is 220 g/mol. The van der Waals surface area contributed by atoms with Crippen LogP contribution < -0.4 is 0 Å². The summed E-state index contributed by atoms with van der Waals surface area (Å²) in [7, 11) is 1.52. The van der Waals surface area contributed by atoms with Gasteiger partial charge in [0.05, 0.1) is 7.11 Å². The molecule has 0 aliphatic heterocycles. The minimum atomic E-state index is -0.398. The van der Waals surface area contributed by atoms with Crippen molar-refractivity contribution in [2.45, 2.75) is 6.92 Å². The van der Waals surface area contributed by atoms with E-state index in [-0.39, 0.29) is 0 Å². The number of methoxy groups -OCH3 is 1. The van der Waals surface area contributed by atoms with Crippen molar-refractivity contribution < 1.29 is 9.13 Å². The Kier molecular flexibility index (Phi) is 5.86. The van der Waals surface area contributed by atoms with Gasteiger partial charge >= 0.3 is 0 Å². The number of halogens is 1. The Morgan fingerprint density at radius 2 is 1.62 bits per heavy atom. The van der Waals surface area contributed by atoms with E-state index < -0.39 is 5.83 Å². The van der Waals surface area contributed by atoms with Gasteiger partial charge in [-0.15, -0.1) is 0 Å². The van der Waals surface area contributed by atoms with E-state index in [1.54, 1.807) is 19.1 Å². The van der Waals surface area contributed by atoms with Crippen LogP contribution in [0.1, 0.15) is 6.92 Å². The first kappa shape index (κ1) is 14.2. The maximum atomic E-state index is 13.2. The molecular formula is C14H17FO. The van der Waals surface area contributed by atoms with Crippen LogP contribution in [0.25, 0.3) is 0 Å². The second kappa shape index (κ2) is 6.62. The molecule has 0 saturated carbocycles. The molecule has 0 aliphatic carbocycles. The lowest BCUT2D eigenvalue weighted by molar-refractivity contribution is 0.309. The van der Waals surface area contributed by atoms with Gasteiger partial charge < -0.3 is 4.74 Å². The quantitative estimate of drug-likeness (QED) is 0.480. The van der Waals surface area contributed by atoms with E-state index in [0.717, 1.165) is 0 Å². The monoisotopic (exact) mass is 220 g/mol. The first-order valence-corrected chi connectivity index (χ1v) is 4.70. The van der Waals surface area contributed by atoms with Gasteiger partial charge in [-0.1, -0.05) is 32.4 Å². The summed E-state index contributed by atoms with van der Waals surface area (Å²) in [4.78, 5) is 0. The second-order valence-electron chi connectivity index (χ2n) is 3.33. The maximum Gasteiger partial charge on any atom is 0.126 e. The van der Waals surface area contributed by atoms with Crippen molar-refractivity contribution in [2.75, 3.05) is 7.11 Å². The fraction of sp³-hybridized carbons (Fsp3) is 0.143. The molecule has 0 aliphatic rings. The lowest BCUT2D eigenvalue weighted by Crippen LogP contribution is -1.83. The number of hydrogen-bond acceptors (Lipinski definition) is 1. The third-order valence-electron chi connectivity index (χ3n) is 1.85. The summed E-state index contributed by atoms with van der Waals surface area (Å²) in [6.07, 6.45) is 4.60. The molecule has 1 nitrogen and oxygen atoms in total. The van der Waals surface area contributed by atoms with Crippen molar-refractivity contribution >= 4 is 0 Å². The van der Waals surface area contributed by atoms with Gasteiger partial charge in [-0.2, -0.15) is 0 Å². The summed E-state index contributed by atoms with van der Waals surface area (Å²) in [5, 5.41) is 0. The lowest BCUT2D eigenvalue weighted by atomic mass is 10.1. The lowest BCUT2D eigenvalue weighted by Gasteiger charge is -2.01. The van der Waals surface area contributed by atoms with E-state index in [0.29, 0.717) is 22.5 Å². The highest BCUT2D eigenvalue weighted by Gasteiger charge is 1.98. The first-order valence-electron chi connectivity index (χ1n) is 4.70. The van der Waals surface area contributed by atoms with Crippen molar-refractivity contribution in [1.29, 1.82) is 0 Å². The molecule has 86 valence electrons. The highest BCUT2D eigenvalue weighted by atomic mass is 19.1. The Balaban J connectivity index is 4.59. The minimum Gasteiger partial charge on any atom is -0.497 e. The molecule has 0 rings (SSSR count). The Morgan fingerprint density at radius 1 is 1.06 bits per heavy atom. The minimum absolute atomic E-state index is 0.360. The molecule has 0 heterocycles. The van der Waals surface area contributed by atoms with Gasteiger partial charge in [0.15, 0.2) is 0 Å². The zero-order valence-corrected chi connectivity index (χ0v) is 9.85. The molecule has 0 aromatic heterocycles. The third-order valence-corrected chi connectivity index (χ3v) is 1.85. The van der Waals surface area contributed by atoms with Gasteiger partial charge in [0.25, 0.3) is 0 Å². The zero-order valence-electron chi connectivity index (χ0n) is 9.85. The number of rotatable bonds is 6. The maximum absolute atomic E-state index is 13.2. The van der Waals surface area contributed by atoms with Crippen LogP contribution in [0.2, 0.25) is 0 Å². The highest BCUT2D eigenvalue weighted by molar-refractivity contribution is 5.46. The van der Waals surface area contributed by atoms with Gasteiger partial charge in [0, 0.05) is 0 Å². The number of allylic oxidation sites excluding steroid dienone is 7. The fourth-order valence-electron chi connectivity index (χ4n) is 0.737.